The minimum absolute atomic E-state index is 0.168. The molecule has 0 saturated heterocycles. The summed E-state index contributed by atoms with van der Waals surface area (Å²) in [5.74, 6) is 5.77. The summed E-state index contributed by atoms with van der Waals surface area (Å²) in [6, 6.07) is 0.743. The zero-order chi connectivity index (χ0) is 24.3. The van der Waals surface area contributed by atoms with E-state index in [0.717, 1.165) is 24.5 Å². The molecule has 0 unspecified atom stereocenters. The molecule has 0 spiro atoms. The largest absolute Gasteiger partial charge is 0.448 e. The predicted molar refractivity (Wildman–Crippen MR) is 131 cm³/mol. The Labute approximate surface area is 190 Å². The Bertz CT molecular complexity index is 757. The summed E-state index contributed by atoms with van der Waals surface area (Å²) in [5.41, 5.74) is -1.33. The first kappa shape index (κ1) is 27.4. The number of hydrogen-bond donors (Lipinski definition) is 1. The van der Waals surface area contributed by atoms with Gasteiger partial charge in [-0.15, -0.1) is 13.2 Å². The van der Waals surface area contributed by atoms with Gasteiger partial charge in [-0.05, 0) is 66.6 Å². The Morgan fingerprint density at radius 1 is 1.23 bits per heavy atom. The number of rotatable bonds is 10. The number of carbonyl (C=O) groups is 1. The highest BCUT2D eigenvalue weighted by Gasteiger charge is 2.60. The predicted octanol–water partition coefficient (Wildman–Crippen LogP) is 5.65. The molecule has 0 aromatic rings. The molecule has 0 heterocycles. The molecule has 1 rings (SSSR count). The number of ether oxygens (including phenoxy) is 1. The summed E-state index contributed by atoms with van der Waals surface area (Å²) >= 11 is 0. The fourth-order valence-electron chi connectivity index (χ4n) is 3.58. The monoisotopic (exact) mass is 446 g/mol. The maximum atomic E-state index is 12.5. The van der Waals surface area contributed by atoms with Crippen molar-refractivity contribution in [3.05, 3.63) is 37.5 Å². The average Bonchev–Trinajstić information content (AvgIpc) is 3.44. The molecule has 1 aliphatic carbocycles. The van der Waals surface area contributed by atoms with E-state index in [0.29, 0.717) is 0 Å². The van der Waals surface area contributed by atoms with Crippen molar-refractivity contribution >= 4 is 14.3 Å². The molecule has 0 aromatic carbocycles. The molecule has 1 aliphatic rings. The Hall–Kier alpha value is -1.61. The Morgan fingerprint density at radius 2 is 1.77 bits per heavy atom. The summed E-state index contributed by atoms with van der Waals surface area (Å²) in [4.78, 5) is 12.5. The number of esters is 1. The van der Waals surface area contributed by atoms with Crippen molar-refractivity contribution in [1.29, 1.82) is 0 Å². The molecule has 0 amide bonds. The van der Waals surface area contributed by atoms with Crippen LogP contribution < -0.4 is 0 Å². The smallest absolute Gasteiger partial charge is 0.312 e. The molecule has 0 aliphatic heterocycles. The van der Waals surface area contributed by atoms with Gasteiger partial charge in [0.1, 0.15) is 11.7 Å². The van der Waals surface area contributed by atoms with Crippen LogP contribution >= 0.6 is 0 Å². The van der Waals surface area contributed by atoms with Gasteiger partial charge in [0.25, 0.3) is 0 Å². The second kappa shape index (κ2) is 9.89. The van der Waals surface area contributed by atoms with E-state index >= 15 is 0 Å². The summed E-state index contributed by atoms with van der Waals surface area (Å²) < 4.78 is 12.2. The van der Waals surface area contributed by atoms with Crippen LogP contribution in [0.3, 0.4) is 0 Å². The summed E-state index contributed by atoms with van der Waals surface area (Å²) in [7, 11) is -2.17. The second-order valence-electron chi connectivity index (χ2n) is 10.7. The average molecular weight is 447 g/mol. The van der Waals surface area contributed by atoms with Gasteiger partial charge in [-0.1, -0.05) is 43.1 Å². The number of allylic oxidation sites excluding steroid dienone is 1. The van der Waals surface area contributed by atoms with Gasteiger partial charge < -0.3 is 14.3 Å². The molecule has 0 bridgehead atoms. The SMILES string of the molecule is C=CC[Si](C)(C)O[C@@H](C#C[C@@H](OC(=O)C(C)(C)C)[C@@H](C)C=C)[C@](C)(O)C1(C(=C)C)CC1. The van der Waals surface area contributed by atoms with Crippen LogP contribution in [-0.4, -0.2) is 37.2 Å². The Morgan fingerprint density at radius 3 is 2.16 bits per heavy atom. The molecule has 1 fully saturated rings. The number of carbonyl (C=O) groups excluding carboxylic acids is 1. The van der Waals surface area contributed by atoms with Gasteiger partial charge in [-0.25, -0.2) is 0 Å². The highest BCUT2D eigenvalue weighted by atomic mass is 28.4. The standard InChI is InChI=1S/C26H42O4Si/c1-12-18-31(10,11)30-22(25(9,28)26(16-17-26)19(3)4)15-14-21(20(5)13-2)29-23(27)24(6,7)8/h12-13,20-22,28H,1-3,16-18H2,4-11H3/t20-,21+,22-,25-/m0/s1. The molecule has 0 radical (unpaired) electrons. The Kier molecular flexibility index (Phi) is 8.75. The lowest BCUT2D eigenvalue weighted by Gasteiger charge is -2.41. The van der Waals surface area contributed by atoms with Crippen LogP contribution in [0.25, 0.3) is 0 Å². The third-order valence-corrected chi connectivity index (χ3v) is 8.32. The normalized spacial score (nSPS) is 20.2. The quantitative estimate of drug-likeness (QED) is 0.204. The molecule has 31 heavy (non-hydrogen) atoms. The van der Waals surface area contributed by atoms with Crippen LogP contribution in [0.2, 0.25) is 19.1 Å². The molecule has 0 aromatic heterocycles. The van der Waals surface area contributed by atoms with Crippen LogP contribution in [0.4, 0.5) is 0 Å². The molecule has 1 N–H and O–H groups in total. The van der Waals surface area contributed by atoms with Crippen molar-refractivity contribution in [3.63, 3.8) is 0 Å². The lowest BCUT2D eigenvalue weighted by Crippen LogP contribution is -2.52. The fourth-order valence-corrected chi connectivity index (χ4v) is 5.30. The van der Waals surface area contributed by atoms with Crippen molar-refractivity contribution in [2.24, 2.45) is 16.7 Å². The van der Waals surface area contributed by atoms with Crippen molar-refractivity contribution < 1.29 is 19.1 Å². The maximum absolute atomic E-state index is 12.5. The first-order valence-corrected chi connectivity index (χ1v) is 14.2. The highest BCUT2D eigenvalue weighted by molar-refractivity contribution is 6.71. The summed E-state index contributed by atoms with van der Waals surface area (Å²) in [6.07, 6.45) is 3.87. The van der Waals surface area contributed by atoms with Gasteiger partial charge in [0.2, 0.25) is 0 Å². The van der Waals surface area contributed by atoms with Crippen LogP contribution in [0, 0.1) is 28.6 Å². The zero-order valence-electron chi connectivity index (χ0n) is 20.8. The van der Waals surface area contributed by atoms with Gasteiger partial charge in [0, 0.05) is 11.3 Å². The number of aliphatic hydroxyl groups is 1. The lowest BCUT2D eigenvalue weighted by molar-refractivity contribution is -0.157. The van der Waals surface area contributed by atoms with Gasteiger partial charge in [-0.2, -0.15) is 0 Å². The van der Waals surface area contributed by atoms with E-state index in [-0.39, 0.29) is 11.9 Å². The molecule has 174 valence electrons. The molecule has 4 atom stereocenters. The topological polar surface area (TPSA) is 55.8 Å². The third-order valence-electron chi connectivity index (χ3n) is 6.17. The van der Waals surface area contributed by atoms with E-state index in [1.54, 1.807) is 13.0 Å². The summed E-state index contributed by atoms with van der Waals surface area (Å²) in [5, 5.41) is 11.7. The molecule has 1 saturated carbocycles. The first-order chi connectivity index (χ1) is 14.0. The minimum atomic E-state index is -2.17. The van der Waals surface area contributed by atoms with Crippen LogP contribution in [0.5, 0.6) is 0 Å². The van der Waals surface area contributed by atoms with Gasteiger partial charge in [0.05, 0.1) is 5.41 Å². The van der Waals surface area contributed by atoms with E-state index in [9.17, 15) is 9.90 Å². The van der Waals surface area contributed by atoms with Crippen LogP contribution in [0.15, 0.2) is 37.5 Å². The van der Waals surface area contributed by atoms with Crippen LogP contribution in [0.1, 0.15) is 54.4 Å². The molecular weight excluding hydrogens is 404 g/mol. The van der Waals surface area contributed by atoms with E-state index < -0.39 is 37.0 Å². The molecular formula is C26H42O4Si. The van der Waals surface area contributed by atoms with E-state index in [2.05, 4.69) is 44.7 Å². The van der Waals surface area contributed by atoms with Crippen LogP contribution in [-0.2, 0) is 14.0 Å². The molecule has 4 nitrogen and oxygen atoms in total. The van der Waals surface area contributed by atoms with E-state index in [1.807, 2.05) is 40.7 Å². The van der Waals surface area contributed by atoms with E-state index in [1.165, 1.54) is 0 Å². The van der Waals surface area contributed by atoms with Crippen molar-refractivity contribution in [3.8, 4) is 11.8 Å². The number of hydrogen-bond acceptors (Lipinski definition) is 4. The fraction of sp³-hybridized carbons (Fsp3) is 0.654. The van der Waals surface area contributed by atoms with Gasteiger partial charge in [-0.3, -0.25) is 4.79 Å². The second-order valence-corrected chi connectivity index (χ2v) is 14.9. The first-order valence-electron chi connectivity index (χ1n) is 11.1. The minimum Gasteiger partial charge on any atom is -0.448 e. The summed E-state index contributed by atoms with van der Waals surface area (Å²) in [6.45, 7) is 27.0. The molecule has 5 heteroatoms. The third kappa shape index (κ3) is 6.68. The van der Waals surface area contributed by atoms with Gasteiger partial charge >= 0.3 is 5.97 Å². The Balaban J connectivity index is 3.37. The van der Waals surface area contributed by atoms with Gasteiger partial charge in [0.15, 0.2) is 14.4 Å². The van der Waals surface area contributed by atoms with Crippen molar-refractivity contribution in [2.75, 3.05) is 0 Å². The maximum Gasteiger partial charge on any atom is 0.312 e. The van der Waals surface area contributed by atoms with E-state index in [4.69, 9.17) is 9.16 Å². The van der Waals surface area contributed by atoms with Crippen molar-refractivity contribution in [1.82, 2.24) is 0 Å². The lowest BCUT2D eigenvalue weighted by atomic mass is 9.77. The van der Waals surface area contributed by atoms with Crippen molar-refractivity contribution in [2.45, 2.75) is 91.3 Å². The highest BCUT2D eigenvalue weighted by Crippen LogP contribution is 2.60. The zero-order valence-corrected chi connectivity index (χ0v) is 21.8.